The van der Waals surface area contributed by atoms with Crippen LogP contribution in [0.15, 0.2) is 36.4 Å². The minimum atomic E-state index is -0.554. The van der Waals surface area contributed by atoms with Crippen LogP contribution in [-0.2, 0) is 11.3 Å². The monoisotopic (exact) mass is 309 g/mol. The lowest BCUT2D eigenvalue weighted by molar-refractivity contribution is 0.0595. The van der Waals surface area contributed by atoms with E-state index in [4.69, 9.17) is 22.1 Å². The van der Waals surface area contributed by atoms with E-state index in [2.05, 4.69) is 4.74 Å². The molecule has 0 spiro atoms. The Morgan fingerprint density at radius 2 is 2.05 bits per heavy atom. The summed E-state index contributed by atoms with van der Waals surface area (Å²) in [5.41, 5.74) is 6.63. The normalized spacial score (nSPS) is 10.2. The van der Waals surface area contributed by atoms with Crippen LogP contribution in [0.2, 0.25) is 5.02 Å². The zero-order valence-electron chi connectivity index (χ0n) is 11.2. The van der Waals surface area contributed by atoms with Gasteiger partial charge in [-0.2, -0.15) is 0 Å². The highest BCUT2D eigenvalue weighted by atomic mass is 35.5. The number of rotatable bonds is 4. The van der Waals surface area contributed by atoms with Gasteiger partial charge < -0.3 is 15.2 Å². The highest BCUT2D eigenvalue weighted by Crippen LogP contribution is 2.24. The van der Waals surface area contributed by atoms with Gasteiger partial charge >= 0.3 is 5.97 Å². The second-order valence-corrected chi connectivity index (χ2v) is 4.71. The molecule has 110 valence electrons. The van der Waals surface area contributed by atoms with Gasteiger partial charge in [-0.15, -0.1) is 0 Å². The van der Waals surface area contributed by atoms with Crippen molar-refractivity contribution in [1.82, 2.24) is 0 Å². The molecule has 0 heterocycles. The number of nitrogen functional groups attached to an aromatic ring is 1. The van der Waals surface area contributed by atoms with Crippen molar-refractivity contribution in [2.24, 2.45) is 0 Å². The summed E-state index contributed by atoms with van der Waals surface area (Å²) in [6.45, 7) is -0.0591. The molecule has 0 atom stereocenters. The van der Waals surface area contributed by atoms with Crippen LogP contribution in [-0.4, -0.2) is 13.1 Å². The van der Waals surface area contributed by atoms with Crippen molar-refractivity contribution in [3.8, 4) is 5.75 Å². The smallest absolute Gasteiger partial charge is 0.341 e. The van der Waals surface area contributed by atoms with Crippen molar-refractivity contribution < 1.29 is 18.7 Å². The number of ether oxygens (including phenoxy) is 2. The molecular formula is C15H13ClFNO3. The molecule has 0 radical (unpaired) electrons. The second kappa shape index (κ2) is 6.45. The molecule has 0 aliphatic rings. The molecule has 0 saturated carbocycles. The van der Waals surface area contributed by atoms with E-state index in [-0.39, 0.29) is 17.9 Å². The third-order valence-electron chi connectivity index (χ3n) is 2.81. The molecule has 2 aromatic rings. The Morgan fingerprint density at radius 1 is 1.29 bits per heavy atom. The van der Waals surface area contributed by atoms with Gasteiger partial charge in [0, 0.05) is 22.3 Å². The summed E-state index contributed by atoms with van der Waals surface area (Å²) in [5, 5.41) is 0.301. The SMILES string of the molecule is COC(=O)c1ccc(N)cc1OCc1ccc(Cl)cc1F. The number of carbonyl (C=O) groups excluding carboxylic acids is 1. The lowest BCUT2D eigenvalue weighted by atomic mass is 10.1. The van der Waals surface area contributed by atoms with Gasteiger partial charge in [0.15, 0.2) is 0 Å². The molecule has 2 aromatic carbocycles. The molecule has 6 heteroatoms. The van der Waals surface area contributed by atoms with E-state index >= 15 is 0 Å². The Hall–Kier alpha value is -2.27. The van der Waals surface area contributed by atoms with Crippen molar-refractivity contribution in [3.05, 3.63) is 58.4 Å². The maximum atomic E-state index is 13.7. The maximum absolute atomic E-state index is 13.7. The van der Waals surface area contributed by atoms with E-state index in [1.165, 1.54) is 31.4 Å². The Balaban J connectivity index is 2.23. The van der Waals surface area contributed by atoms with Crippen molar-refractivity contribution in [2.75, 3.05) is 12.8 Å². The molecule has 4 nitrogen and oxygen atoms in total. The Kier molecular flexibility index (Phi) is 4.65. The summed E-state index contributed by atoms with van der Waals surface area (Å²) in [6.07, 6.45) is 0. The van der Waals surface area contributed by atoms with Crippen LogP contribution >= 0.6 is 11.6 Å². The Bertz CT molecular complexity index is 676. The van der Waals surface area contributed by atoms with E-state index in [1.54, 1.807) is 12.1 Å². The highest BCUT2D eigenvalue weighted by molar-refractivity contribution is 6.30. The molecule has 2 rings (SSSR count). The van der Waals surface area contributed by atoms with Crippen molar-refractivity contribution in [2.45, 2.75) is 6.61 Å². The maximum Gasteiger partial charge on any atom is 0.341 e. The summed E-state index contributed by atoms with van der Waals surface area (Å²) >= 11 is 5.68. The largest absolute Gasteiger partial charge is 0.488 e. The number of nitrogens with two attached hydrogens (primary N) is 1. The number of esters is 1. The predicted octanol–water partition coefficient (Wildman–Crippen LogP) is 3.43. The first-order valence-electron chi connectivity index (χ1n) is 6.06. The molecule has 21 heavy (non-hydrogen) atoms. The van der Waals surface area contributed by atoms with Crippen LogP contribution in [0.3, 0.4) is 0 Å². The molecule has 0 aliphatic carbocycles. The lowest BCUT2D eigenvalue weighted by Gasteiger charge is -2.11. The quantitative estimate of drug-likeness (QED) is 0.694. The van der Waals surface area contributed by atoms with Crippen molar-refractivity contribution >= 4 is 23.3 Å². The van der Waals surface area contributed by atoms with Crippen molar-refractivity contribution in [3.63, 3.8) is 0 Å². The molecule has 0 fully saturated rings. The molecule has 0 saturated heterocycles. The standard InChI is InChI=1S/C15H13ClFNO3/c1-20-15(19)12-5-4-11(18)7-14(12)21-8-9-2-3-10(16)6-13(9)17/h2-7H,8,18H2,1H3. The molecule has 2 N–H and O–H groups in total. The van der Waals surface area contributed by atoms with Gasteiger partial charge in [0.05, 0.1) is 7.11 Å². The minimum Gasteiger partial charge on any atom is -0.488 e. The van der Waals surface area contributed by atoms with Gasteiger partial charge in [0.25, 0.3) is 0 Å². The summed E-state index contributed by atoms with van der Waals surface area (Å²) in [6, 6.07) is 8.81. The summed E-state index contributed by atoms with van der Waals surface area (Å²) in [4.78, 5) is 11.6. The molecular weight excluding hydrogens is 297 g/mol. The zero-order valence-corrected chi connectivity index (χ0v) is 12.0. The van der Waals surface area contributed by atoms with E-state index in [0.717, 1.165) is 0 Å². The van der Waals surface area contributed by atoms with Gasteiger partial charge in [-0.3, -0.25) is 0 Å². The summed E-state index contributed by atoms with van der Waals surface area (Å²) < 4.78 is 23.8. The minimum absolute atomic E-state index is 0.0591. The summed E-state index contributed by atoms with van der Waals surface area (Å²) in [7, 11) is 1.27. The average molecular weight is 310 g/mol. The van der Waals surface area contributed by atoms with Crippen LogP contribution in [0.5, 0.6) is 5.75 Å². The predicted molar refractivity (Wildman–Crippen MR) is 77.9 cm³/mol. The molecule has 0 amide bonds. The van der Waals surface area contributed by atoms with Crippen LogP contribution < -0.4 is 10.5 Å². The average Bonchev–Trinajstić information content (AvgIpc) is 2.45. The number of hydrogen-bond acceptors (Lipinski definition) is 4. The third-order valence-corrected chi connectivity index (χ3v) is 3.04. The van der Waals surface area contributed by atoms with Gasteiger partial charge in [0.1, 0.15) is 23.7 Å². The number of hydrogen-bond donors (Lipinski definition) is 1. The number of benzene rings is 2. The van der Waals surface area contributed by atoms with Crippen molar-refractivity contribution in [1.29, 1.82) is 0 Å². The van der Waals surface area contributed by atoms with Gasteiger partial charge in [0.2, 0.25) is 0 Å². The first-order chi connectivity index (χ1) is 10.0. The van der Waals surface area contributed by atoms with E-state index in [1.807, 2.05) is 0 Å². The third kappa shape index (κ3) is 3.64. The fourth-order valence-corrected chi connectivity index (χ4v) is 1.89. The van der Waals surface area contributed by atoms with E-state index in [9.17, 15) is 9.18 Å². The second-order valence-electron chi connectivity index (χ2n) is 4.27. The van der Waals surface area contributed by atoms with Gasteiger partial charge in [-0.05, 0) is 24.3 Å². The zero-order chi connectivity index (χ0) is 15.4. The van der Waals surface area contributed by atoms with Crippen LogP contribution in [0, 0.1) is 5.82 Å². The van der Waals surface area contributed by atoms with Gasteiger partial charge in [-0.25, -0.2) is 9.18 Å². The topological polar surface area (TPSA) is 61.5 Å². The first-order valence-corrected chi connectivity index (χ1v) is 6.43. The molecule has 0 aromatic heterocycles. The lowest BCUT2D eigenvalue weighted by Crippen LogP contribution is -2.07. The molecule has 0 bridgehead atoms. The first kappa shape index (κ1) is 15.1. The fourth-order valence-electron chi connectivity index (χ4n) is 1.73. The number of carbonyl (C=O) groups is 1. The molecule has 0 unspecified atom stereocenters. The fraction of sp³-hybridized carbons (Fsp3) is 0.133. The number of halogens is 2. The molecule has 0 aliphatic heterocycles. The van der Waals surface area contributed by atoms with E-state index in [0.29, 0.717) is 16.3 Å². The van der Waals surface area contributed by atoms with Crippen LogP contribution in [0.4, 0.5) is 10.1 Å². The Morgan fingerprint density at radius 3 is 2.71 bits per heavy atom. The Labute approximate surface area is 126 Å². The summed E-state index contributed by atoms with van der Waals surface area (Å²) in [5.74, 6) is -0.802. The number of anilines is 1. The van der Waals surface area contributed by atoms with Gasteiger partial charge in [-0.1, -0.05) is 17.7 Å². The number of methoxy groups -OCH3 is 1. The van der Waals surface area contributed by atoms with E-state index < -0.39 is 11.8 Å². The van der Waals surface area contributed by atoms with Crippen LogP contribution in [0.25, 0.3) is 0 Å². The van der Waals surface area contributed by atoms with Crippen LogP contribution in [0.1, 0.15) is 15.9 Å². The highest BCUT2D eigenvalue weighted by Gasteiger charge is 2.14.